The van der Waals surface area contributed by atoms with E-state index in [0.717, 1.165) is 5.56 Å². The summed E-state index contributed by atoms with van der Waals surface area (Å²) < 4.78 is 10.9. The Morgan fingerprint density at radius 3 is 2.58 bits per heavy atom. The highest BCUT2D eigenvalue weighted by Gasteiger charge is 2.12. The third kappa shape index (κ3) is 4.99. The fourth-order valence-electron chi connectivity index (χ4n) is 1.70. The van der Waals surface area contributed by atoms with E-state index in [4.69, 9.17) is 26.2 Å². The van der Waals surface area contributed by atoms with Crippen LogP contribution in [0.5, 0.6) is 11.5 Å². The van der Waals surface area contributed by atoms with Gasteiger partial charge in [-0.1, -0.05) is 11.6 Å². The Morgan fingerprint density at radius 1 is 1.37 bits per heavy atom. The summed E-state index contributed by atoms with van der Waals surface area (Å²) in [5, 5.41) is 9.20. The van der Waals surface area contributed by atoms with Crippen molar-refractivity contribution < 1.29 is 19.4 Å². The van der Waals surface area contributed by atoms with Crippen molar-refractivity contribution in [3.8, 4) is 11.5 Å². The van der Waals surface area contributed by atoms with Gasteiger partial charge in [-0.3, -0.25) is 4.79 Å². The third-order valence-corrected chi connectivity index (χ3v) is 2.88. The van der Waals surface area contributed by atoms with Gasteiger partial charge in [-0.05, 0) is 38.3 Å². The van der Waals surface area contributed by atoms with E-state index < -0.39 is 5.97 Å². The fraction of sp³-hybridized carbons (Fsp3) is 0.500. The predicted molar refractivity (Wildman–Crippen MR) is 74.3 cm³/mol. The number of methoxy groups -OCH3 is 1. The lowest BCUT2D eigenvalue weighted by Gasteiger charge is -2.15. The molecule has 0 aliphatic heterocycles. The van der Waals surface area contributed by atoms with Crippen LogP contribution in [0.1, 0.15) is 32.3 Å². The number of carboxylic acid groups (broad SMARTS) is 1. The van der Waals surface area contributed by atoms with Gasteiger partial charge in [0, 0.05) is 17.5 Å². The molecule has 0 aromatic heterocycles. The van der Waals surface area contributed by atoms with Crippen LogP contribution in [0.2, 0.25) is 5.02 Å². The fourth-order valence-corrected chi connectivity index (χ4v) is 1.95. The first-order valence-electron chi connectivity index (χ1n) is 6.19. The largest absolute Gasteiger partial charge is 0.493 e. The van der Waals surface area contributed by atoms with Gasteiger partial charge in [0.1, 0.15) is 0 Å². The second kappa shape index (κ2) is 7.24. The van der Waals surface area contributed by atoms with Crippen LogP contribution < -0.4 is 9.47 Å². The molecule has 1 aromatic carbocycles. The summed E-state index contributed by atoms with van der Waals surface area (Å²) in [5.41, 5.74) is 0.871. The molecule has 106 valence electrons. The van der Waals surface area contributed by atoms with E-state index in [2.05, 4.69) is 0 Å². The molecule has 4 nitrogen and oxygen atoms in total. The summed E-state index contributed by atoms with van der Waals surface area (Å²) in [7, 11) is 1.57. The molecule has 0 saturated heterocycles. The van der Waals surface area contributed by atoms with Crippen LogP contribution in [0, 0.1) is 0 Å². The summed E-state index contributed by atoms with van der Waals surface area (Å²) in [6.07, 6.45) is 1.30. The van der Waals surface area contributed by atoms with Gasteiger partial charge in [0.05, 0.1) is 13.2 Å². The summed E-state index contributed by atoms with van der Waals surface area (Å²) in [6, 6.07) is 3.53. The second-order valence-electron chi connectivity index (χ2n) is 4.51. The first-order valence-corrected chi connectivity index (χ1v) is 6.56. The average Bonchev–Trinajstić information content (AvgIpc) is 2.30. The zero-order valence-corrected chi connectivity index (χ0v) is 12.2. The number of rotatable bonds is 7. The van der Waals surface area contributed by atoms with Crippen molar-refractivity contribution in [1.82, 2.24) is 0 Å². The van der Waals surface area contributed by atoms with E-state index in [-0.39, 0.29) is 12.5 Å². The molecule has 1 aromatic rings. The Kier molecular flexibility index (Phi) is 5.96. The van der Waals surface area contributed by atoms with Crippen molar-refractivity contribution in [3.63, 3.8) is 0 Å². The molecule has 1 rings (SSSR count). The van der Waals surface area contributed by atoms with E-state index in [1.54, 1.807) is 13.2 Å². The Balaban J connectivity index is 2.86. The first-order chi connectivity index (χ1) is 8.93. The normalized spacial score (nSPS) is 10.6. The van der Waals surface area contributed by atoms with Crippen LogP contribution in [0.15, 0.2) is 12.1 Å². The summed E-state index contributed by atoms with van der Waals surface area (Å²) in [5.74, 6) is 0.413. The standard InChI is InChI=1S/C14H19ClO4/c1-9(2)19-13-8-11(15)10(7-12(13)18-3)5-4-6-14(16)17/h7-9H,4-6H2,1-3H3,(H,16,17). The Hall–Kier alpha value is -1.42. The number of benzene rings is 1. The van der Waals surface area contributed by atoms with E-state index in [9.17, 15) is 4.79 Å². The Morgan fingerprint density at radius 2 is 2.05 bits per heavy atom. The van der Waals surface area contributed by atoms with Crippen molar-refractivity contribution in [2.75, 3.05) is 7.11 Å². The molecule has 0 amide bonds. The zero-order chi connectivity index (χ0) is 14.4. The number of aryl methyl sites for hydroxylation is 1. The van der Waals surface area contributed by atoms with Gasteiger partial charge in [0.2, 0.25) is 0 Å². The maximum absolute atomic E-state index is 10.5. The van der Waals surface area contributed by atoms with E-state index in [0.29, 0.717) is 29.4 Å². The second-order valence-corrected chi connectivity index (χ2v) is 4.92. The van der Waals surface area contributed by atoms with Crippen molar-refractivity contribution in [2.24, 2.45) is 0 Å². The highest BCUT2D eigenvalue weighted by molar-refractivity contribution is 6.31. The van der Waals surface area contributed by atoms with Crippen molar-refractivity contribution in [1.29, 1.82) is 0 Å². The van der Waals surface area contributed by atoms with Crippen molar-refractivity contribution >= 4 is 17.6 Å². The number of hydrogen-bond acceptors (Lipinski definition) is 3. The predicted octanol–water partition coefficient (Wildman–Crippen LogP) is 3.54. The number of ether oxygens (including phenoxy) is 2. The topological polar surface area (TPSA) is 55.8 Å². The van der Waals surface area contributed by atoms with Crippen LogP contribution in [0.4, 0.5) is 0 Å². The minimum absolute atomic E-state index is 0.0304. The van der Waals surface area contributed by atoms with E-state index >= 15 is 0 Å². The van der Waals surface area contributed by atoms with Crippen molar-refractivity contribution in [3.05, 3.63) is 22.7 Å². The molecule has 0 spiro atoms. The van der Waals surface area contributed by atoms with Gasteiger partial charge in [-0.2, -0.15) is 0 Å². The molecular formula is C14H19ClO4. The molecule has 0 unspecified atom stereocenters. The highest BCUT2D eigenvalue weighted by Crippen LogP contribution is 2.34. The van der Waals surface area contributed by atoms with Gasteiger partial charge >= 0.3 is 5.97 Å². The summed E-state index contributed by atoms with van der Waals surface area (Å²) >= 11 is 6.17. The number of hydrogen-bond donors (Lipinski definition) is 1. The molecular weight excluding hydrogens is 268 g/mol. The van der Waals surface area contributed by atoms with Crippen LogP contribution in [-0.2, 0) is 11.2 Å². The van der Waals surface area contributed by atoms with E-state index in [1.807, 2.05) is 19.9 Å². The molecule has 0 fully saturated rings. The summed E-state index contributed by atoms with van der Waals surface area (Å²) in [6.45, 7) is 3.85. The molecule has 5 heteroatoms. The maximum Gasteiger partial charge on any atom is 0.303 e. The lowest BCUT2D eigenvalue weighted by molar-refractivity contribution is -0.137. The van der Waals surface area contributed by atoms with Gasteiger partial charge < -0.3 is 14.6 Å². The molecule has 0 aliphatic rings. The molecule has 0 atom stereocenters. The average molecular weight is 287 g/mol. The lowest BCUT2D eigenvalue weighted by atomic mass is 10.1. The molecule has 0 aliphatic carbocycles. The molecule has 0 heterocycles. The molecule has 0 radical (unpaired) electrons. The van der Waals surface area contributed by atoms with Crippen LogP contribution in [0.3, 0.4) is 0 Å². The molecule has 19 heavy (non-hydrogen) atoms. The third-order valence-electron chi connectivity index (χ3n) is 2.53. The molecule has 0 bridgehead atoms. The van der Waals surface area contributed by atoms with Gasteiger partial charge in [0.25, 0.3) is 0 Å². The highest BCUT2D eigenvalue weighted by atomic mass is 35.5. The maximum atomic E-state index is 10.5. The monoisotopic (exact) mass is 286 g/mol. The number of carboxylic acids is 1. The van der Waals surface area contributed by atoms with Crippen LogP contribution in [0.25, 0.3) is 0 Å². The molecule has 0 saturated carbocycles. The Bertz CT molecular complexity index is 443. The van der Waals surface area contributed by atoms with Gasteiger partial charge in [-0.15, -0.1) is 0 Å². The van der Waals surface area contributed by atoms with Crippen molar-refractivity contribution in [2.45, 2.75) is 39.2 Å². The van der Waals surface area contributed by atoms with Crippen LogP contribution >= 0.6 is 11.6 Å². The number of carbonyl (C=O) groups is 1. The quantitative estimate of drug-likeness (QED) is 0.833. The molecule has 1 N–H and O–H groups in total. The SMILES string of the molecule is COc1cc(CCCC(=O)O)c(Cl)cc1OC(C)C. The van der Waals surface area contributed by atoms with E-state index in [1.165, 1.54) is 0 Å². The number of aliphatic carboxylic acids is 1. The van der Waals surface area contributed by atoms with Crippen LogP contribution in [-0.4, -0.2) is 24.3 Å². The van der Waals surface area contributed by atoms with Gasteiger partial charge in [0.15, 0.2) is 11.5 Å². The smallest absolute Gasteiger partial charge is 0.303 e. The zero-order valence-electron chi connectivity index (χ0n) is 11.4. The summed E-state index contributed by atoms with van der Waals surface area (Å²) in [4.78, 5) is 10.5. The Labute approximate surface area is 118 Å². The minimum atomic E-state index is -0.803. The van der Waals surface area contributed by atoms with Gasteiger partial charge in [-0.25, -0.2) is 0 Å². The number of halogens is 1. The first kappa shape index (κ1) is 15.6. The lowest BCUT2D eigenvalue weighted by Crippen LogP contribution is -2.07. The minimum Gasteiger partial charge on any atom is -0.493 e.